The van der Waals surface area contributed by atoms with Crippen molar-refractivity contribution >= 4 is 57.4 Å². The molecule has 0 bridgehead atoms. The Labute approximate surface area is 138 Å². The maximum absolute atomic E-state index is 10.9. The molecule has 0 aliphatic carbocycles. The lowest BCUT2D eigenvalue weighted by atomic mass is 10.2. The number of thiazole rings is 1. The fourth-order valence-electron chi connectivity index (χ4n) is 1.80. The van der Waals surface area contributed by atoms with Crippen LogP contribution < -0.4 is 5.43 Å². The predicted molar refractivity (Wildman–Crippen MR) is 87.7 cm³/mol. The van der Waals surface area contributed by atoms with Crippen molar-refractivity contribution in [1.82, 2.24) is 9.38 Å². The molecule has 0 atom stereocenters. The minimum atomic E-state index is -1.04. The summed E-state index contributed by atoms with van der Waals surface area (Å²) in [6.07, 6.45) is 3.33. The van der Waals surface area contributed by atoms with Gasteiger partial charge in [0.1, 0.15) is 5.69 Å². The van der Waals surface area contributed by atoms with Gasteiger partial charge in [-0.1, -0.05) is 23.2 Å². The van der Waals surface area contributed by atoms with Crippen LogP contribution in [0.3, 0.4) is 0 Å². The van der Waals surface area contributed by atoms with E-state index >= 15 is 0 Å². The van der Waals surface area contributed by atoms with Crippen LogP contribution in [0.15, 0.2) is 34.9 Å². The third-order valence-corrected chi connectivity index (χ3v) is 4.20. The van der Waals surface area contributed by atoms with Crippen molar-refractivity contribution in [2.24, 2.45) is 5.10 Å². The molecule has 0 amide bonds. The minimum Gasteiger partial charge on any atom is -0.478 e. The number of carbonyl (C=O) groups is 1. The number of carboxylic acid groups (broad SMARTS) is 1. The third-order valence-electron chi connectivity index (χ3n) is 2.84. The van der Waals surface area contributed by atoms with Gasteiger partial charge in [0.2, 0.25) is 0 Å². The van der Waals surface area contributed by atoms with Crippen molar-refractivity contribution < 1.29 is 9.90 Å². The molecule has 112 valence electrons. The average molecular weight is 355 g/mol. The molecular formula is C13H8Cl2N4O2S. The van der Waals surface area contributed by atoms with E-state index in [4.69, 9.17) is 28.3 Å². The zero-order valence-corrected chi connectivity index (χ0v) is 13.2. The van der Waals surface area contributed by atoms with Crippen LogP contribution in [0.1, 0.15) is 16.1 Å². The SMILES string of the molecule is O=C(O)c1ccc(Cl)c(N/N=C\c2c(Cl)nc3sccn23)c1. The number of nitrogens with zero attached hydrogens (tertiary/aromatic N) is 3. The fourth-order valence-corrected chi connectivity index (χ4v) is 2.95. The molecule has 0 unspecified atom stereocenters. The highest BCUT2D eigenvalue weighted by molar-refractivity contribution is 7.15. The Balaban J connectivity index is 1.85. The molecule has 0 spiro atoms. The molecule has 0 aliphatic heterocycles. The molecule has 9 heteroatoms. The Morgan fingerprint density at radius 3 is 3.05 bits per heavy atom. The monoisotopic (exact) mass is 354 g/mol. The van der Waals surface area contributed by atoms with Crippen LogP contribution in [-0.2, 0) is 0 Å². The topological polar surface area (TPSA) is 79.0 Å². The Morgan fingerprint density at radius 2 is 2.27 bits per heavy atom. The number of carboxylic acids is 1. The summed E-state index contributed by atoms with van der Waals surface area (Å²) in [6, 6.07) is 4.31. The molecule has 3 rings (SSSR count). The number of anilines is 1. The van der Waals surface area contributed by atoms with Gasteiger partial charge in [0.05, 0.1) is 22.5 Å². The van der Waals surface area contributed by atoms with Crippen LogP contribution in [0.2, 0.25) is 10.2 Å². The summed E-state index contributed by atoms with van der Waals surface area (Å²) in [5.74, 6) is -1.04. The lowest BCUT2D eigenvalue weighted by molar-refractivity contribution is 0.0697. The molecular weight excluding hydrogens is 347 g/mol. The zero-order valence-electron chi connectivity index (χ0n) is 10.8. The summed E-state index contributed by atoms with van der Waals surface area (Å²) >= 11 is 13.5. The van der Waals surface area contributed by atoms with Gasteiger partial charge in [-0.25, -0.2) is 9.78 Å². The highest BCUT2D eigenvalue weighted by Gasteiger charge is 2.09. The lowest BCUT2D eigenvalue weighted by Gasteiger charge is -2.04. The first-order chi connectivity index (χ1) is 10.6. The second kappa shape index (κ2) is 5.96. The number of imidazole rings is 1. The quantitative estimate of drug-likeness (QED) is 0.550. The number of nitrogens with one attached hydrogen (secondary N) is 1. The number of hydrogen-bond acceptors (Lipinski definition) is 5. The fraction of sp³-hybridized carbons (Fsp3) is 0. The second-order valence-electron chi connectivity index (χ2n) is 4.21. The molecule has 2 heterocycles. The Kier molecular flexibility index (Phi) is 4.02. The van der Waals surface area contributed by atoms with Gasteiger partial charge in [-0.2, -0.15) is 5.10 Å². The number of hydrazone groups is 1. The van der Waals surface area contributed by atoms with Crippen molar-refractivity contribution in [3.05, 3.63) is 51.2 Å². The number of hydrogen-bond donors (Lipinski definition) is 2. The summed E-state index contributed by atoms with van der Waals surface area (Å²) in [4.78, 5) is 15.9. The number of halogens is 2. The van der Waals surface area contributed by atoms with Gasteiger partial charge >= 0.3 is 5.97 Å². The highest BCUT2D eigenvalue weighted by Crippen LogP contribution is 2.23. The van der Waals surface area contributed by atoms with Gasteiger partial charge in [0, 0.05) is 11.6 Å². The van der Waals surface area contributed by atoms with E-state index in [1.165, 1.54) is 35.8 Å². The van der Waals surface area contributed by atoms with Crippen LogP contribution in [0.4, 0.5) is 5.69 Å². The first-order valence-corrected chi connectivity index (χ1v) is 7.63. The van der Waals surface area contributed by atoms with E-state index in [0.717, 1.165) is 4.96 Å². The summed E-state index contributed by atoms with van der Waals surface area (Å²) in [7, 11) is 0. The zero-order chi connectivity index (χ0) is 15.7. The molecule has 2 N–H and O–H groups in total. The molecule has 6 nitrogen and oxygen atoms in total. The van der Waals surface area contributed by atoms with E-state index < -0.39 is 5.97 Å². The molecule has 0 radical (unpaired) electrons. The Morgan fingerprint density at radius 1 is 1.45 bits per heavy atom. The maximum Gasteiger partial charge on any atom is 0.335 e. The Hall–Kier alpha value is -2.09. The molecule has 0 fully saturated rings. The molecule has 3 aromatic rings. The number of benzene rings is 1. The molecule has 22 heavy (non-hydrogen) atoms. The standard InChI is InChI=1S/C13H8Cl2N4O2S/c14-8-2-1-7(12(20)21)5-9(8)18-16-6-10-11(15)17-13-19(10)3-4-22-13/h1-6,18H,(H,20,21)/b16-6-. The van der Waals surface area contributed by atoms with E-state index in [2.05, 4.69) is 15.5 Å². The van der Waals surface area contributed by atoms with Crippen molar-refractivity contribution in [2.45, 2.75) is 0 Å². The first-order valence-electron chi connectivity index (χ1n) is 5.99. The van der Waals surface area contributed by atoms with Crippen molar-refractivity contribution in [2.75, 3.05) is 5.43 Å². The molecule has 0 aliphatic rings. The van der Waals surface area contributed by atoms with Crippen molar-refractivity contribution in [3.8, 4) is 0 Å². The van der Waals surface area contributed by atoms with E-state index in [9.17, 15) is 4.79 Å². The van der Waals surface area contributed by atoms with E-state index in [1.54, 1.807) is 4.40 Å². The summed E-state index contributed by atoms with van der Waals surface area (Å²) < 4.78 is 1.80. The molecule has 2 aromatic heterocycles. The number of aromatic nitrogens is 2. The smallest absolute Gasteiger partial charge is 0.335 e. The summed E-state index contributed by atoms with van der Waals surface area (Å²) in [6.45, 7) is 0. The van der Waals surface area contributed by atoms with Gasteiger partial charge in [-0.15, -0.1) is 11.3 Å². The third kappa shape index (κ3) is 2.78. The van der Waals surface area contributed by atoms with Gasteiger partial charge in [0.25, 0.3) is 0 Å². The average Bonchev–Trinajstić information content (AvgIpc) is 3.03. The van der Waals surface area contributed by atoms with E-state index in [-0.39, 0.29) is 5.56 Å². The van der Waals surface area contributed by atoms with Crippen LogP contribution in [-0.4, -0.2) is 26.7 Å². The normalized spacial score (nSPS) is 11.4. The first kappa shape index (κ1) is 14.8. The second-order valence-corrected chi connectivity index (χ2v) is 5.85. The predicted octanol–water partition coefficient (Wildman–Crippen LogP) is 3.85. The van der Waals surface area contributed by atoms with Crippen LogP contribution in [0.25, 0.3) is 4.96 Å². The van der Waals surface area contributed by atoms with E-state index in [0.29, 0.717) is 21.6 Å². The van der Waals surface area contributed by atoms with Gasteiger partial charge in [-0.05, 0) is 18.2 Å². The summed E-state index contributed by atoms with van der Waals surface area (Å²) in [5, 5.41) is 15.6. The largest absolute Gasteiger partial charge is 0.478 e. The number of rotatable bonds is 4. The van der Waals surface area contributed by atoms with Gasteiger partial charge < -0.3 is 5.11 Å². The van der Waals surface area contributed by atoms with Crippen LogP contribution >= 0.6 is 34.5 Å². The van der Waals surface area contributed by atoms with Crippen LogP contribution in [0, 0.1) is 0 Å². The number of fused-ring (bicyclic) bond motifs is 1. The van der Waals surface area contributed by atoms with Crippen molar-refractivity contribution in [1.29, 1.82) is 0 Å². The molecule has 0 saturated carbocycles. The lowest BCUT2D eigenvalue weighted by Crippen LogP contribution is -1.99. The molecule has 1 aromatic carbocycles. The summed E-state index contributed by atoms with van der Waals surface area (Å²) in [5.41, 5.74) is 3.83. The maximum atomic E-state index is 10.9. The molecule has 0 saturated heterocycles. The van der Waals surface area contributed by atoms with E-state index in [1.807, 2.05) is 11.6 Å². The van der Waals surface area contributed by atoms with Crippen molar-refractivity contribution in [3.63, 3.8) is 0 Å². The van der Waals surface area contributed by atoms with Gasteiger partial charge in [0.15, 0.2) is 10.1 Å². The van der Waals surface area contributed by atoms with Crippen LogP contribution in [0.5, 0.6) is 0 Å². The highest BCUT2D eigenvalue weighted by atomic mass is 35.5. The minimum absolute atomic E-state index is 0.115. The Bertz CT molecular complexity index is 887. The number of aromatic carboxylic acids is 1. The van der Waals surface area contributed by atoms with Gasteiger partial charge in [-0.3, -0.25) is 9.83 Å².